The molecule has 0 amide bonds. The fraction of sp³-hybridized carbons (Fsp3) is 0. The molecule has 0 radical (unpaired) electrons. The van der Waals surface area contributed by atoms with E-state index in [0.29, 0.717) is 40.0 Å². The fourth-order valence-electron chi connectivity index (χ4n) is 9.20. The number of para-hydroxylation sites is 5. The summed E-state index contributed by atoms with van der Waals surface area (Å²) < 4.78 is 6.71. The zero-order valence-electron chi connectivity index (χ0n) is 32.4. The molecule has 8 heteroatoms. The molecule has 0 aliphatic heterocycles. The summed E-state index contributed by atoms with van der Waals surface area (Å²) in [5, 5.41) is 16.9. The van der Waals surface area contributed by atoms with Gasteiger partial charge in [-0.25, -0.2) is 9.83 Å². The number of benzene rings is 8. The van der Waals surface area contributed by atoms with Gasteiger partial charge in [-0.1, -0.05) is 115 Å². The lowest BCUT2D eigenvalue weighted by molar-refractivity contribution is 0.951. The second kappa shape index (κ2) is 13.4. The Morgan fingerprint density at radius 2 is 1.02 bits per heavy atom. The lowest BCUT2D eigenvalue weighted by Crippen LogP contribution is -2.08. The molecule has 4 aromatic heterocycles. The van der Waals surface area contributed by atoms with Crippen LogP contribution >= 0.6 is 0 Å². The molecule has 0 bridgehead atoms. The van der Waals surface area contributed by atoms with Gasteiger partial charge in [0.15, 0.2) is 17.3 Å². The van der Waals surface area contributed by atoms with Crippen LogP contribution in [0.5, 0.6) is 0 Å². The number of nitriles is 1. The van der Waals surface area contributed by atoms with Gasteiger partial charge in [-0.05, 0) is 66.7 Å². The molecule has 282 valence electrons. The maximum atomic E-state index is 10.3. The van der Waals surface area contributed by atoms with E-state index >= 15 is 0 Å². The van der Waals surface area contributed by atoms with Crippen LogP contribution in [0.1, 0.15) is 5.56 Å². The van der Waals surface area contributed by atoms with Crippen LogP contribution in [0.4, 0.5) is 5.69 Å². The van der Waals surface area contributed by atoms with Crippen molar-refractivity contribution in [2.24, 2.45) is 0 Å². The van der Waals surface area contributed by atoms with Crippen LogP contribution in [0.25, 0.3) is 110 Å². The third kappa shape index (κ3) is 5.07. The van der Waals surface area contributed by atoms with Crippen LogP contribution in [-0.4, -0.2) is 28.7 Å². The van der Waals surface area contributed by atoms with Crippen LogP contribution in [0.3, 0.4) is 0 Å². The zero-order valence-corrected chi connectivity index (χ0v) is 32.4. The van der Waals surface area contributed by atoms with Gasteiger partial charge in [0.1, 0.15) is 0 Å². The van der Waals surface area contributed by atoms with E-state index in [4.69, 9.17) is 21.5 Å². The predicted octanol–water partition coefficient (Wildman–Crippen LogP) is 12.9. The molecule has 0 aliphatic carbocycles. The van der Waals surface area contributed by atoms with Gasteiger partial charge in [-0.15, -0.1) is 0 Å². The third-order valence-corrected chi connectivity index (χ3v) is 11.8. The third-order valence-electron chi connectivity index (χ3n) is 11.8. The summed E-state index contributed by atoms with van der Waals surface area (Å²) in [6.07, 6.45) is 0. The molecule has 0 spiro atoms. The molecule has 0 N–H and O–H groups in total. The summed E-state index contributed by atoms with van der Waals surface area (Å²) >= 11 is 0. The first-order valence-electron chi connectivity index (χ1n) is 20.0. The molecule has 0 fully saturated rings. The Morgan fingerprint density at radius 3 is 1.69 bits per heavy atom. The molecule has 61 heavy (non-hydrogen) atoms. The van der Waals surface area contributed by atoms with Crippen molar-refractivity contribution in [3.8, 4) is 46.2 Å². The maximum absolute atomic E-state index is 10.3. The Labute approximate surface area is 348 Å². The highest BCUT2D eigenvalue weighted by molar-refractivity contribution is 6.26. The summed E-state index contributed by atoms with van der Waals surface area (Å²) in [6.45, 7) is 8.18. The average Bonchev–Trinajstić information content (AvgIpc) is 3.97. The van der Waals surface area contributed by atoms with Gasteiger partial charge in [-0.2, -0.15) is 15.2 Å². The Kier molecular flexibility index (Phi) is 7.49. The quantitative estimate of drug-likeness (QED) is 0.163. The van der Waals surface area contributed by atoms with Crippen LogP contribution < -0.4 is 0 Å². The molecule has 0 atom stereocenters. The molecule has 0 saturated carbocycles. The first-order chi connectivity index (χ1) is 30.2. The molecule has 0 saturated heterocycles. The Hall–Kier alpha value is -8.85. The van der Waals surface area contributed by atoms with Gasteiger partial charge in [0.2, 0.25) is 5.95 Å². The molecule has 8 aromatic carbocycles. The number of hydrogen-bond donors (Lipinski definition) is 0. The van der Waals surface area contributed by atoms with Crippen molar-refractivity contribution in [3.63, 3.8) is 0 Å². The second-order valence-corrected chi connectivity index (χ2v) is 15.0. The number of aromatic nitrogens is 6. The first-order valence-corrected chi connectivity index (χ1v) is 20.0. The van der Waals surface area contributed by atoms with E-state index in [9.17, 15) is 5.26 Å². The summed E-state index contributed by atoms with van der Waals surface area (Å²) in [4.78, 5) is 19.6. The Morgan fingerprint density at radius 1 is 0.459 bits per heavy atom. The summed E-state index contributed by atoms with van der Waals surface area (Å²) in [5.74, 6) is 1.13. The van der Waals surface area contributed by atoms with Gasteiger partial charge in [-0.3, -0.25) is 4.57 Å². The fourth-order valence-corrected chi connectivity index (χ4v) is 9.20. The number of hydrogen-bond acceptors (Lipinski definition) is 4. The Bertz CT molecular complexity index is 3800. The highest BCUT2D eigenvalue weighted by Gasteiger charge is 2.25. The van der Waals surface area contributed by atoms with Crippen LogP contribution in [0, 0.1) is 17.9 Å². The van der Waals surface area contributed by atoms with E-state index in [1.54, 1.807) is 6.07 Å². The van der Waals surface area contributed by atoms with E-state index in [0.717, 1.165) is 76.8 Å². The SMILES string of the molecule is [C-]#[N+]c1ccc(-n2c3ccccc3c3ccc4c(c5ccccc5n4-c4ccccc4)c32)c(-c2nc(-c3ccccc3C#N)nc(-n3c4ccccc4c4ccccc43)n2)c1. The van der Waals surface area contributed by atoms with Crippen molar-refractivity contribution in [1.82, 2.24) is 28.7 Å². The lowest BCUT2D eigenvalue weighted by Gasteiger charge is -2.16. The highest BCUT2D eigenvalue weighted by Crippen LogP contribution is 2.44. The van der Waals surface area contributed by atoms with Crippen molar-refractivity contribution < 1.29 is 0 Å². The zero-order chi connectivity index (χ0) is 40.6. The predicted molar refractivity (Wildman–Crippen MR) is 245 cm³/mol. The number of nitrogens with zero attached hydrogens (tertiary/aromatic N) is 8. The molecular formula is C53H30N8. The number of rotatable bonds is 5. The smallest absolute Gasteiger partial charge is 0.238 e. The van der Waals surface area contributed by atoms with Gasteiger partial charge >= 0.3 is 0 Å². The van der Waals surface area contributed by atoms with Crippen LogP contribution in [0.2, 0.25) is 0 Å². The maximum Gasteiger partial charge on any atom is 0.238 e. The minimum absolute atomic E-state index is 0.355. The van der Waals surface area contributed by atoms with Gasteiger partial charge in [0.25, 0.3) is 0 Å². The van der Waals surface area contributed by atoms with Crippen molar-refractivity contribution in [2.45, 2.75) is 0 Å². The van der Waals surface area contributed by atoms with E-state index in [2.05, 4.69) is 134 Å². The van der Waals surface area contributed by atoms with Gasteiger partial charge < -0.3 is 9.13 Å². The molecule has 0 unspecified atom stereocenters. The molecule has 12 aromatic rings. The van der Waals surface area contributed by atoms with E-state index in [1.165, 1.54) is 0 Å². The van der Waals surface area contributed by atoms with Crippen molar-refractivity contribution in [1.29, 1.82) is 5.26 Å². The number of fused-ring (bicyclic) bond motifs is 10. The highest BCUT2D eigenvalue weighted by atomic mass is 15.2. The van der Waals surface area contributed by atoms with Gasteiger partial charge in [0, 0.05) is 49.1 Å². The molecule has 4 heterocycles. The van der Waals surface area contributed by atoms with Crippen LogP contribution in [0.15, 0.2) is 182 Å². The van der Waals surface area contributed by atoms with E-state index < -0.39 is 0 Å². The molecular weight excluding hydrogens is 749 g/mol. The normalized spacial score (nSPS) is 11.6. The van der Waals surface area contributed by atoms with Crippen molar-refractivity contribution in [3.05, 3.63) is 199 Å². The monoisotopic (exact) mass is 778 g/mol. The molecule has 8 nitrogen and oxygen atoms in total. The summed E-state index contributed by atoms with van der Waals surface area (Å²) in [6, 6.07) is 63.9. The summed E-state index contributed by atoms with van der Waals surface area (Å²) in [5.41, 5.74) is 10.1. The molecule has 12 rings (SSSR count). The van der Waals surface area contributed by atoms with Crippen molar-refractivity contribution >= 4 is 71.1 Å². The Balaban J connectivity index is 1.22. The molecule has 0 aliphatic rings. The van der Waals surface area contributed by atoms with E-state index in [1.807, 2.05) is 66.7 Å². The minimum atomic E-state index is 0.355. The second-order valence-electron chi connectivity index (χ2n) is 15.0. The average molecular weight is 779 g/mol. The van der Waals surface area contributed by atoms with Crippen LogP contribution in [-0.2, 0) is 0 Å². The van der Waals surface area contributed by atoms with Crippen molar-refractivity contribution in [2.75, 3.05) is 0 Å². The lowest BCUT2D eigenvalue weighted by atomic mass is 10.1. The minimum Gasteiger partial charge on any atom is -0.309 e. The van der Waals surface area contributed by atoms with E-state index in [-0.39, 0.29) is 0 Å². The van der Waals surface area contributed by atoms with Gasteiger partial charge in [0.05, 0.1) is 57.0 Å². The standard InChI is InChI=1S/C53H30N8/c1-55-34-27-29-47(60-43-23-11-9-21-39(43)40-28-30-48-49(50(40)60)41-22-10-14-26-46(41)59(48)35-16-3-2-4-17-35)42(31-34)52-56-51(36-18-6-5-15-33(36)32-54)57-53(58-52)61-44-24-12-7-19-37(44)38-20-8-13-25-45(38)61/h2-31H. The summed E-state index contributed by atoms with van der Waals surface area (Å²) in [7, 11) is 0. The topological polar surface area (TPSA) is 81.6 Å². The first kappa shape index (κ1) is 34.2. The largest absolute Gasteiger partial charge is 0.309 e.